The van der Waals surface area contributed by atoms with Gasteiger partial charge in [0.05, 0.1) is 22.6 Å². The van der Waals surface area contributed by atoms with Gasteiger partial charge in [-0.3, -0.25) is 0 Å². The van der Waals surface area contributed by atoms with Gasteiger partial charge in [0.15, 0.2) is 5.82 Å². The third-order valence-corrected chi connectivity index (χ3v) is 11.6. The molecule has 53 heavy (non-hydrogen) atoms. The van der Waals surface area contributed by atoms with E-state index in [0.717, 1.165) is 55.6 Å². The lowest BCUT2D eigenvalue weighted by atomic mass is 9.96. The molecule has 0 fully saturated rings. The molecule has 4 heteroatoms. The average molecular weight is 692 g/mol. The topological polar surface area (TPSA) is 38.7 Å². The third kappa shape index (κ3) is 4.99. The molecule has 0 aliphatic rings. The summed E-state index contributed by atoms with van der Waals surface area (Å²) in [4.78, 5) is 15.8. The van der Waals surface area contributed by atoms with Gasteiger partial charge in [0.2, 0.25) is 0 Å². The average Bonchev–Trinajstić information content (AvgIpc) is 3.62. The summed E-state index contributed by atoms with van der Waals surface area (Å²) in [5.41, 5.74) is 7.82. The van der Waals surface area contributed by atoms with Crippen molar-refractivity contribution in [2.24, 2.45) is 0 Å². The standard InChI is InChI=1S/C49H29N3S/c1-3-12-32-26-35(22-20-30(32)10-1)44-29-43(51-49(52-44)37-23-21-31-11-2-4-13-33(31)27-37)34-14-9-15-36(28-34)47-41-25-24-39-38-16-6-8-19-45(38)53-48(39)46(41)40-17-5-7-18-42(40)50-47/h1-29H. The number of nitrogens with zero attached hydrogens (tertiary/aromatic N) is 3. The summed E-state index contributed by atoms with van der Waals surface area (Å²) in [5.74, 6) is 0.697. The Bertz CT molecular complexity index is 3150. The molecule has 8 aromatic carbocycles. The van der Waals surface area contributed by atoms with Crippen LogP contribution in [0.1, 0.15) is 0 Å². The fraction of sp³-hybridized carbons (Fsp3) is 0. The van der Waals surface area contributed by atoms with E-state index in [-0.39, 0.29) is 0 Å². The van der Waals surface area contributed by atoms with Crippen LogP contribution in [0.2, 0.25) is 0 Å². The number of pyridine rings is 1. The minimum Gasteiger partial charge on any atom is -0.247 e. The number of para-hydroxylation sites is 1. The number of thiophene rings is 1. The quantitative estimate of drug-likeness (QED) is 0.172. The first-order chi connectivity index (χ1) is 26.2. The molecule has 3 nitrogen and oxygen atoms in total. The molecule has 0 aliphatic carbocycles. The molecule has 0 amide bonds. The second kappa shape index (κ2) is 11.9. The Morgan fingerprint density at radius 1 is 0.358 bits per heavy atom. The number of hydrogen-bond donors (Lipinski definition) is 0. The van der Waals surface area contributed by atoms with Crippen LogP contribution < -0.4 is 0 Å². The number of rotatable bonds is 4. The first-order valence-electron chi connectivity index (χ1n) is 17.8. The zero-order valence-corrected chi connectivity index (χ0v) is 29.3. The predicted octanol–water partition coefficient (Wildman–Crippen LogP) is 13.5. The largest absolute Gasteiger partial charge is 0.247 e. The van der Waals surface area contributed by atoms with Crippen LogP contribution in [0.3, 0.4) is 0 Å². The van der Waals surface area contributed by atoms with E-state index in [0.29, 0.717) is 5.82 Å². The Morgan fingerprint density at radius 3 is 1.75 bits per heavy atom. The van der Waals surface area contributed by atoms with Crippen LogP contribution in [0.5, 0.6) is 0 Å². The normalized spacial score (nSPS) is 11.8. The first kappa shape index (κ1) is 29.9. The lowest BCUT2D eigenvalue weighted by Gasteiger charge is -2.13. The predicted molar refractivity (Wildman–Crippen MR) is 224 cm³/mol. The highest BCUT2D eigenvalue weighted by atomic mass is 32.1. The van der Waals surface area contributed by atoms with Crippen molar-refractivity contribution in [2.75, 3.05) is 0 Å². The summed E-state index contributed by atoms with van der Waals surface area (Å²) in [6, 6.07) is 62.5. The smallest absolute Gasteiger partial charge is 0.160 e. The van der Waals surface area contributed by atoms with Gasteiger partial charge in [-0.2, -0.15) is 0 Å². The number of benzene rings is 8. The maximum absolute atomic E-state index is 5.33. The highest BCUT2D eigenvalue weighted by Gasteiger charge is 2.18. The van der Waals surface area contributed by atoms with Gasteiger partial charge < -0.3 is 0 Å². The number of fused-ring (bicyclic) bond motifs is 9. The van der Waals surface area contributed by atoms with Crippen molar-refractivity contribution in [1.29, 1.82) is 0 Å². The van der Waals surface area contributed by atoms with E-state index in [4.69, 9.17) is 15.0 Å². The van der Waals surface area contributed by atoms with Crippen molar-refractivity contribution in [3.63, 3.8) is 0 Å². The minimum absolute atomic E-state index is 0.697. The first-order valence-corrected chi connectivity index (χ1v) is 18.7. The highest BCUT2D eigenvalue weighted by Crippen LogP contribution is 2.43. The Morgan fingerprint density at radius 2 is 0.962 bits per heavy atom. The van der Waals surface area contributed by atoms with Gasteiger partial charge in [0.25, 0.3) is 0 Å². The lowest BCUT2D eigenvalue weighted by molar-refractivity contribution is 1.18. The molecule has 246 valence electrons. The molecule has 0 saturated carbocycles. The monoisotopic (exact) mass is 691 g/mol. The van der Waals surface area contributed by atoms with E-state index < -0.39 is 0 Å². The van der Waals surface area contributed by atoms with E-state index in [9.17, 15) is 0 Å². The van der Waals surface area contributed by atoms with Crippen LogP contribution in [0.4, 0.5) is 0 Å². The van der Waals surface area contributed by atoms with Crippen LogP contribution in [0.25, 0.3) is 109 Å². The zero-order valence-electron chi connectivity index (χ0n) is 28.5. The zero-order chi connectivity index (χ0) is 34.9. The third-order valence-electron chi connectivity index (χ3n) is 10.4. The van der Waals surface area contributed by atoms with E-state index in [1.54, 1.807) is 0 Å². The Labute approximate surface area is 309 Å². The summed E-state index contributed by atoms with van der Waals surface area (Å²) in [7, 11) is 0. The van der Waals surface area contributed by atoms with Crippen LogP contribution in [0, 0.1) is 0 Å². The van der Waals surface area contributed by atoms with Crippen LogP contribution >= 0.6 is 11.3 Å². The van der Waals surface area contributed by atoms with Crippen LogP contribution in [-0.2, 0) is 0 Å². The van der Waals surface area contributed by atoms with Gasteiger partial charge in [-0.15, -0.1) is 11.3 Å². The van der Waals surface area contributed by atoms with E-state index in [1.165, 1.54) is 47.1 Å². The molecule has 0 saturated heterocycles. The van der Waals surface area contributed by atoms with Crippen molar-refractivity contribution < 1.29 is 0 Å². The molecule has 0 aliphatic heterocycles. The molecule has 0 N–H and O–H groups in total. The molecular weight excluding hydrogens is 663 g/mol. The molecule has 11 rings (SSSR count). The summed E-state index contributed by atoms with van der Waals surface area (Å²) in [5, 5.41) is 10.9. The molecule has 3 aromatic heterocycles. The summed E-state index contributed by atoms with van der Waals surface area (Å²) >= 11 is 1.87. The maximum Gasteiger partial charge on any atom is 0.160 e. The van der Waals surface area contributed by atoms with E-state index in [2.05, 4.69) is 176 Å². The van der Waals surface area contributed by atoms with E-state index >= 15 is 0 Å². The minimum atomic E-state index is 0.697. The molecule has 3 heterocycles. The van der Waals surface area contributed by atoms with Crippen molar-refractivity contribution in [2.45, 2.75) is 0 Å². The van der Waals surface area contributed by atoms with Crippen molar-refractivity contribution in [3.05, 3.63) is 176 Å². The molecule has 0 atom stereocenters. The lowest BCUT2D eigenvalue weighted by Crippen LogP contribution is -1.96. The molecule has 0 radical (unpaired) electrons. The van der Waals surface area contributed by atoms with Crippen LogP contribution in [-0.4, -0.2) is 15.0 Å². The van der Waals surface area contributed by atoms with Crippen LogP contribution in [0.15, 0.2) is 176 Å². The Hall–Kier alpha value is -6.75. The summed E-state index contributed by atoms with van der Waals surface area (Å²) in [6.45, 7) is 0. The van der Waals surface area contributed by atoms with Crippen molar-refractivity contribution >= 4 is 74.7 Å². The second-order valence-electron chi connectivity index (χ2n) is 13.6. The Balaban J connectivity index is 1.12. The number of aromatic nitrogens is 3. The second-order valence-corrected chi connectivity index (χ2v) is 14.7. The van der Waals surface area contributed by atoms with Gasteiger partial charge in [0, 0.05) is 58.6 Å². The van der Waals surface area contributed by atoms with Crippen molar-refractivity contribution in [1.82, 2.24) is 15.0 Å². The van der Waals surface area contributed by atoms with E-state index in [1.807, 2.05) is 11.3 Å². The van der Waals surface area contributed by atoms with Gasteiger partial charge in [-0.1, -0.05) is 140 Å². The van der Waals surface area contributed by atoms with Gasteiger partial charge >= 0.3 is 0 Å². The molecule has 0 spiro atoms. The molecular formula is C49H29N3S. The molecule has 0 unspecified atom stereocenters. The van der Waals surface area contributed by atoms with Gasteiger partial charge in [-0.25, -0.2) is 15.0 Å². The highest BCUT2D eigenvalue weighted by molar-refractivity contribution is 7.26. The van der Waals surface area contributed by atoms with Crippen molar-refractivity contribution in [3.8, 4) is 45.2 Å². The fourth-order valence-electron chi connectivity index (χ4n) is 7.81. The Kier molecular flexibility index (Phi) is 6.73. The fourth-order valence-corrected chi connectivity index (χ4v) is 9.08. The maximum atomic E-state index is 5.33. The van der Waals surface area contributed by atoms with Gasteiger partial charge in [0.1, 0.15) is 0 Å². The summed E-state index contributed by atoms with van der Waals surface area (Å²) in [6.07, 6.45) is 0. The molecule has 11 aromatic rings. The SMILES string of the molecule is c1cc(-c2cc(-c3ccc4ccccc4c3)nc(-c3ccc4ccccc4c3)n2)cc(-c2nc3ccccc3c3c2ccc2c4ccccc4sc23)c1. The molecule has 0 bridgehead atoms. The number of hydrogen-bond acceptors (Lipinski definition) is 4. The summed E-state index contributed by atoms with van der Waals surface area (Å²) < 4.78 is 2.60. The van der Waals surface area contributed by atoms with Gasteiger partial charge in [-0.05, 0) is 57.9 Å².